The first kappa shape index (κ1) is 12.3. The average molecular weight is 220 g/mol. The molecular formula is C12H16N2O2. The number of nitriles is 1. The zero-order chi connectivity index (χ0) is 12.0. The van der Waals surface area contributed by atoms with E-state index in [4.69, 9.17) is 9.68 Å². The lowest BCUT2D eigenvalue weighted by molar-refractivity contribution is -0.124. The van der Waals surface area contributed by atoms with E-state index >= 15 is 0 Å². The molecule has 1 aromatic heterocycles. The number of hydrogen-bond acceptors (Lipinski definition) is 3. The Morgan fingerprint density at radius 3 is 2.94 bits per heavy atom. The molecule has 1 rings (SSSR count). The van der Waals surface area contributed by atoms with Crippen LogP contribution in [0.5, 0.6) is 0 Å². The molecule has 0 radical (unpaired) electrons. The van der Waals surface area contributed by atoms with E-state index in [0.717, 1.165) is 6.42 Å². The largest absolute Gasteiger partial charge is 0.467 e. The molecule has 4 nitrogen and oxygen atoms in total. The molecule has 0 aliphatic rings. The Labute approximate surface area is 95.2 Å². The van der Waals surface area contributed by atoms with Gasteiger partial charge in [-0.2, -0.15) is 5.26 Å². The lowest BCUT2D eigenvalue weighted by Crippen LogP contribution is -2.32. The minimum absolute atomic E-state index is 0.199. The topological polar surface area (TPSA) is 66.0 Å². The summed E-state index contributed by atoms with van der Waals surface area (Å²) in [4.78, 5) is 11.7. The van der Waals surface area contributed by atoms with E-state index in [2.05, 4.69) is 5.32 Å². The van der Waals surface area contributed by atoms with Gasteiger partial charge in [-0.1, -0.05) is 13.3 Å². The van der Waals surface area contributed by atoms with Crippen LogP contribution in [0.3, 0.4) is 0 Å². The predicted octanol–water partition coefficient (Wildman–Crippen LogP) is 2.40. The van der Waals surface area contributed by atoms with Crippen molar-refractivity contribution in [3.05, 3.63) is 24.2 Å². The Balaban J connectivity index is 2.54. The predicted molar refractivity (Wildman–Crippen MR) is 59.3 cm³/mol. The molecule has 1 N–H and O–H groups in total. The molecule has 0 aliphatic heterocycles. The van der Waals surface area contributed by atoms with Crippen LogP contribution in [0.15, 0.2) is 22.8 Å². The quantitative estimate of drug-likeness (QED) is 0.828. The Hall–Kier alpha value is -1.76. The maximum Gasteiger partial charge on any atom is 0.237 e. The standard InChI is InChI=1S/C12H16N2O2/c1-3-5-10(8-13)12(15)14-9(2)11-6-4-7-16-11/h4,6-7,9-10H,3,5H2,1-2H3,(H,14,15). The van der Waals surface area contributed by atoms with E-state index in [1.807, 2.05) is 19.9 Å². The third kappa shape index (κ3) is 3.13. The summed E-state index contributed by atoms with van der Waals surface area (Å²) < 4.78 is 5.17. The van der Waals surface area contributed by atoms with Gasteiger partial charge in [0.15, 0.2) is 0 Å². The molecule has 0 saturated heterocycles. The van der Waals surface area contributed by atoms with Crippen molar-refractivity contribution >= 4 is 5.91 Å². The summed E-state index contributed by atoms with van der Waals surface area (Å²) in [6.07, 6.45) is 2.97. The van der Waals surface area contributed by atoms with E-state index < -0.39 is 5.92 Å². The molecule has 2 atom stereocenters. The summed E-state index contributed by atoms with van der Waals surface area (Å²) in [7, 11) is 0. The van der Waals surface area contributed by atoms with Crippen LogP contribution >= 0.6 is 0 Å². The summed E-state index contributed by atoms with van der Waals surface area (Å²) in [5.41, 5.74) is 0. The highest BCUT2D eigenvalue weighted by Gasteiger charge is 2.19. The zero-order valence-electron chi connectivity index (χ0n) is 9.56. The lowest BCUT2D eigenvalue weighted by atomic mass is 10.0. The van der Waals surface area contributed by atoms with Crippen LogP contribution in [-0.4, -0.2) is 5.91 Å². The molecule has 2 unspecified atom stereocenters. The monoisotopic (exact) mass is 220 g/mol. The summed E-state index contributed by atoms with van der Waals surface area (Å²) in [5, 5.41) is 11.6. The lowest BCUT2D eigenvalue weighted by Gasteiger charge is -2.13. The second-order valence-corrected chi connectivity index (χ2v) is 3.72. The molecule has 0 fully saturated rings. The molecule has 1 amide bonds. The first-order valence-electron chi connectivity index (χ1n) is 5.42. The number of amides is 1. The molecule has 0 bridgehead atoms. The van der Waals surface area contributed by atoms with Crippen LogP contribution < -0.4 is 5.32 Å². The fourth-order valence-corrected chi connectivity index (χ4v) is 1.47. The Bertz CT molecular complexity index is 365. The average Bonchev–Trinajstić information content (AvgIpc) is 2.78. The van der Waals surface area contributed by atoms with Crippen molar-refractivity contribution in [2.75, 3.05) is 0 Å². The minimum Gasteiger partial charge on any atom is -0.467 e. The van der Waals surface area contributed by atoms with Gasteiger partial charge in [-0.3, -0.25) is 4.79 Å². The number of carbonyl (C=O) groups excluding carboxylic acids is 1. The minimum atomic E-state index is -0.567. The van der Waals surface area contributed by atoms with Gasteiger partial charge in [-0.05, 0) is 25.5 Å². The van der Waals surface area contributed by atoms with E-state index in [1.54, 1.807) is 18.4 Å². The maximum absolute atomic E-state index is 11.7. The summed E-state index contributed by atoms with van der Waals surface area (Å²) in [5.74, 6) is -0.0998. The van der Waals surface area contributed by atoms with Gasteiger partial charge < -0.3 is 9.73 Å². The van der Waals surface area contributed by atoms with Crippen molar-refractivity contribution in [3.8, 4) is 6.07 Å². The highest BCUT2D eigenvalue weighted by Crippen LogP contribution is 2.14. The van der Waals surface area contributed by atoms with E-state index in [1.165, 1.54) is 0 Å². The Morgan fingerprint density at radius 2 is 2.44 bits per heavy atom. The fourth-order valence-electron chi connectivity index (χ4n) is 1.47. The van der Waals surface area contributed by atoms with Crippen molar-refractivity contribution in [1.29, 1.82) is 5.26 Å². The molecule has 86 valence electrons. The Morgan fingerprint density at radius 1 is 1.69 bits per heavy atom. The van der Waals surface area contributed by atoms with Crippen molar-refractivity contribution in [3.63, 3.8) is 0 Å². The Kier molecular flexibility index (Phi) is 4.59. The summed E-state index contributed by atoms with van der Waals surface area (Å²) in [6.45, 7) is 3.78. The normalized spacial score (nSPS) is 13.8. The van der Waals surface area contributed by atoms with E-state index in [-0.39, 0.29) is 11.9 Å². The van der Waals surface area contributed by atoms with Crippen molar-refractivity contribution in [1.82, 2.24) is 5.32 Å². The van der Waals surface area contributed by atoms with Gasteiger partial charge in [-0.25, -0.2) is 0 Å². The van der Waals surface area contributed by atoms with Gasteiger partial charge >= 0.3 is 0 Å². The molecule has 0 aliphatic carbocycles. The molecule has 16 heavy (non-hydrogen) atoms. The van der Waals surface area contributed by atoms with Crippen molar-refractivity contribution in [2.24, 2.45) is 5.92 Å². The van der Waals surface area contributed by atoms with Gasteiger partial charge in [0.1, 0.15) is 11.7 Å². The molecule has 0 saturated carbocycles. The van der Waals surface area contributed by atoms with Crippen LogP contribution in [0, 0.1) is 17.2 Å². The number of hydrogen-bond donors (Lipinski definition) is 1. The highest BCUT2D eigenvalue weighted by atomic mass is 16.3. The van der Waals surface area contributed by atoms with E-state index in [0.29, 0.717) is 12.2 Å². The van der Waals surface area contributed by atoms with Crippen LogP contribution in [0.1, 0.15) is 38.5 Å². The number of nitrogens with one attached hydrogen (secondary N) is 1. The fraction of sp³-hybridized carbons (Fsp3) is 0.500. The molecular weight excluding hydrogens is 204 g/mol. The third-order valence-electron chi connectivity index (χ3n) is 2.38. The van der Waals surface area contributed by atoms with Gasteiger partial charge in [0.25, 0.3) is 0 Å². The summed E-state index contributed by atoms with van der Waals surface area (Å²) in [6, 6.07) is 5.38. The number of rotatable bonds is 5. The van der Waals surface area contributed by atoms with E-state index in [9.17, 15) is 4.79 Å². The zero-order valence-corrected chi connectivity index (χ0v) is 9.56. The highest BCUT2D eigenvalue weighted by molar-refractivity contribution is 5.81. The number of furan rings is 1. The SMILES string of the molecule is CCCC(C#N)C(=O)NC(C)c1ccco1. The second-order valence-electron chi connectivity index (χ2n) is 3.72. The molecule has 4 heteroatoms. The van der Waals surface area contributed by atoms with Crippen LogP contribution in [0.2, 0.25) is 0 Å². The van der Waals surface area contributed by atoms with Crippen LogP contribution in [0.4, 0.5) is 0 Å². The molecule has 0 aromatic carbocycles. The number of carbonyl (C=O) groups is 1. The maximum atomic E-state index is 11.7. The second kappa shape index (κ2) is 5.96. The van der Waals surface area contributed by atoms with Crippen LogP contribution in [0.25, 0.3) is 0 Å². The van der Waals surface area contributed by atoms with Crippen LogP contribution in [-0.2, 0) is 4.79 Å². The van der Waals surface area contributed by atoms with Gasteiger partial charge in [0.2, 0.25) is 5.91 Å². The number of nitrogens with zero attached hydrogens (tertiary/aromatic N) is 1. The third-order valence-corrected chi connectivity index (χ3v) is 2.38. The summed E-state index contributed by atoms with van der Waals surface area (Å²) >= 11 is 0. The van der Waals surface area contributed by atoms with Crippen molar-refractivity contribution < 1.29 is 9.21 Å². The smallest absolute Gasteiger partial charge is 0.237 e. The first-order chi connectivity index (χ1) is 7.69. The molecule has 1 heterocycles. The first-order valence-corrected chi connectivity index (χ1v) is 5.42. The molecule has 0 spiro atoms. The van der Waals surface area contributed by atoms with Gasteiger partial charge in [-0.15, -0.1) is 0 Å². The molecule has 1 aromatic rings. The van der Waals surface area contributed by atoms with Gasteiger partial charge in [0.05, 0.1) is 18.4 Å². The van der Waals surface area contributed by atoms with Gasteiger partial charge in [0, 0.05) is 0 Å². The van der Waals surface area contributed by atoms with Crippen molar-refractivity contribution in [2.45, 2.75) is 32.7 Å².